The molecule has 0 bridgehead atoms. The van der Waals surface area contributed by atoms with Crippen molar-refractivity contribution in [3.05, 3.63) is 45.4 Å². The summed E-state index contributed by atoms with van der Waals surface area (Å²) in [6.45, 7) is 13.8. The number of halogens is 2. The summed E-state index contributed by atoms with van der Waals surface area (Å²) in [5, 5.41) is 0.818. The van der Waals surface area contributed by atoms with E-state index in [1.165, 1.54) is 0 Å². The minimum absolute atomic E-state index is 0.357. The minimum Gasteiger partial charge on any atom is -0.409 e. The molecular weight excluding hydrogens is 644 g/mol. The Hall–Kier alpha value is -0.340. The van der Waals surface area contributed by atoms with Gasteiger partial charge in [-0.05, 0) is 138 Å². The van der Waals surface area contributed by atoms with E-state index in [-0.39, 0.29) is 0 Å². The van der Waals surface area contributed by atoms with Crippen molar-refractivity contribution in [1.82, 2.24) is 9.80 Å². The normalized spacial score (nSPS) is 10.8. The molecule has 0 heterocycles. The van der Waals surface area contributed by atoms with E-state index in [4.69, 9.17) is 32.7 Å². The molecule has 0 aliphatic carbocycles. The average Bonchev–Trinajstić information content (AvgIpc) is 2.87. The Morgan fingerprint density at radius 3 is 1.32 bits per heavy atom. The summed E-state index contributed by atoms with van der Waals surface area (Å²) in [6, 6.07) is 7.24. The first kappa shape index (κ1) is 33.9. The molecule has 0 spiro atoms. The third kappa shape index (κ3) is 10.2. The average molecular weight is 674 g/mol. The van der Waals surface area contributed by atoms with Gasteiger partial charge in [0.15, 0.2) is 11.5 Å². The molecule has 0 aromatic heterocycles. The highest BCUT2D eigenvalue weighted by atomic mass is 35.5. The van der Waals surface area contributed by atoms with E-state index in [1.54, 1.807) is 70.7 Å². The molecule has 0 atom stereocenters. The van der Waals surface area contributed by atoms with Crippen LogP contribution in [-0.4, -0.2) is 48.2 Å². The van der Waals surface area contributed by atoms with Crippen LogP contribution in [0, 0.1) is 13.8 Å². The van der Waals surface area contributed by atoms with Gasteiger partial charge in [-0.25, -0.2) is 9.59 Å². The van der Waals surface area contributed by atoms with Gasteiger partial charge in [0.05, 0.1) is 10.0 Å². The molecule has 0 saturated heterocycles. The van der Waals surface area contributed by atoms with Crippen LogP contribution in [0.5, 0.6) is 11.5 Å². The van der Waals surface area contributed by atoms with Crippen molar-refractivity contribution in [3.63, 3.8) is 0 Å². The molecule has 210 valence electrons. The molecule has 38 heavy (non-hydrogen) atoms. The predicted molar refractivity (Wildman–Crippen MR) is 172 cm³/mol. The van der Waals surface area contributed by atoms with Crippen molar-refractivity contribution < 1.29 is 19.1 Å². The number of hydrogen-bond acceptors (Lipinski definition) is 10. The number of aryl methyl sites for hydroxylation is 2. The second-order valence-electron chi connectivity index (χ2n) is 7.62. The van der Waals surface area contributed by atoms with Gasteiger partial charge in [0, 0.05) is 36.0 Å². The number of rotatable bonds is 13. The van der Waals surface area contributed by atoms with Crippen LogP contribution in [0.2, 0.25) is 10.0 Å². The second kappa shape index (κ2) is 17.5. The lowest BCUT2D eigenvalue weighted by molar-refractivity contribution is 0.156. The lowest BCUT2D eigenvalue weighted by atomic mass is 10.2. The summed E-state index contributed by atoms with van der Waals surface area (Å²) in [6.07, 6.45) is -0.822. The van der Waals surface area contributed by atoms with Crippen LogP contribution in [0.15, 0.2) is 34.1 Å². The highest BCUT2D eigenvalue weighted by Crippen LogP contribution is 2.56. The maximum absolute atomic E-state index is 12.3. The van der Waals surface area contributed by atoms with Crippen molar-refractivity contribution in [3.8, 4) is 11.5 Å². The van der Waals surface area contributed by atoms with E-state index in [9.17, 15) is 9.59 Å². The highest BCUT2D eigenvalue weighted by molar-refractivity contribution is 9.41. The van der Waals surface area contributed by atoms with Gasteiger partial charge >= 0.3 is 12.2 Å². The Balaban J connectivity index is 1.89. The topological polar surface area (TPSA) is 59.1 Å². The number of amides is 2. The summed E-state index contributed by atoms with van der Waals surface area (Å²) >= 11 is 12.6. The van der Waals surface area contributed by atoms with Crippen molar-refractivity contribution in [2.24, 2.45) is 0 Å². The van der Waals surface area contributed by atoms with Crippen LogP contribution in [0.25, 0.3) is 0 Å². The second-order valence-corrected chi connectivity index (χ2v) is 17.7. The predicted octanol–water partition coefficient (Wildman–Crippen LogP) is 10.7. The van der Waals surface area contributed by atoms with Gasteiger partial charge in [-0.1, -0.05) is 23.2 Å². The van der Waals surface area contributed by atoms with Gasteiger partial charge in [-0.15, -0.1) is 0 Å². The maximum atomic E-state index is 12.3. The Bertz CT molecular complexity index is 1020. The van der Waals surface area contributed by atoms with Crippen LogP contribution in [-0.2, 0) is 0 Å². The number of hydrogen-bond donors (Lipinski definition) is 0. The number of benzene rings is 2. The first-order valence-corrected chi connectivity index (χ1v) is 19.9. The quantitative estimate of drug-likeness (QED) is 0.152. The molecule has 2 aromatic rings. The van der Waals surface area contributed by atoms with Gasteiger partial charge in [0.1, 0.15) is 0 Å². The molecule has 0 aliphatic heterocycles. The molecule has 2 amide bonds. The van der Waals surface area contributed by atoms with Gasteiger partial charge in [-0.2, -0.15) is 0 Å². The van der Waals surface area contributed by atoms with Gasteiger partial charge in [-0.3, -0.25) is 0 Å². The summed E-state index contributed by atoms with van der Waals surface area (Å²) < 4.78 is 11.1. The number of nitrogens with zero attached hydrogens (tertiary/aromatic N) is 2. The van der Waals surface area contributed by atoms with E-state index >= 15 is 0 Å². The van der Waals surface area contributed by atoms with E-state index in [1.807, 2.05) is 65.8 Å². The molecule has 2 rings (SSSR count). The Kier molecular flexibility index (Phi) is 15.6. The third-order valence-electron chi connectivity index (χ3n) is 5.23. The molecule has 0 radical (unpaired) electrons. The first-order chi connectivity index (χ1) is 18.1. The van der Waals surface area contributed by atoms with E-state index < -0.39 is 12.2 Å². The zero-order chi connectivity index (χ0) is 28.2. The van der Waals surface area contributed by atoms with E-state index in [0.29, 0.717) is 47.7 Å². The van der Waals surface area contributed by atoms with Crippen LogP contribution in [0.3, 0.4) is 0 Å². The standard InChI is InChI=1S/C24H30Cl2N2O4S6/c1-7-27(8-2)23(29)31-19-13-21(15(5)11-17(19)25)33-35-37-38-36-34-22-14-20(18(26)12-16(22)6)32-24(30)28(9-3)10-4/h11-14H,7-10H2,1-6H3. The van der Waals surface area contributed by atoms with E-state index in [0.717, 1.165) is 20.9 Å². The zero-order valence-electron chi connectivity index (χ0n) is 21.9. The monoisotopic (exact) mass is 672 g/mol. The van der Waals surface area contributed by atoms with Crippen LogP contribution in [0.4, 0.5) is 9.59 Å². The number of carbonyl (C=O) groups excluding carboxylic acids is 2. The summed E-state index contributed by atoms with van der Waals surface area (Å²) in [4.78, 5) is 29.8. The molecule has 0 saturated carbocycles. The van der Waals surface area contributed by atoms with Gasteiger partial charge < -0.3 is 19.3 Å². The fourth-order valence-electron chi connectivity index (χ4n) is 3.01. The van der Waals surface area contributed by atoms with E-state index in [2.05, 4.69) is 0 Å². The SMILES string of the molecule is CCN(CC)C(=O)Oc1cc(SSSSSSc2cc(OC(=O)N(CC)CC)c(Cl)cc2C)c(C)cc1Cl. The Labute approximate surface area is 257 Å². The molecule has 0 unspecified atom stereocenters. The summed E-state index contributed by atoms with van der Waals surface area (Å²) in [7, 11) is 9.60. The van der Waals surface area contributed by atoms with Gasteiger partial charge in [0.25, 0.3) is 0 Å². The van der Waals surface area contributed by atoms with Crippen molar-refractivity contribution >= 4 is 96.3 Å². The number of ether oxygens (including phenoxy) is 2. The third-order valence-corrected chi connectivity index (χ3v) is 16.6. The Morgan fingerprint density at radius 2 is 1.00 bits per heavy atom. The van der Waals surface area contributed by atoms with Crippen molar-refractivity contribution in [1.29, 1.82) is 0 Å². The zero-order valence-corrected chi connectivity index (χ0v) is 28.3. The molecule has 14 heteroatoms. The molecule has 6 nitrogen and oxygen atoms in total. The molecular formula is C24H30Cl2N2O4S6. The van der Waals surface area contributed by atoms with Crippen LogP contribution < -0.4 is 9.47 Å². The smallest absolute Gasteiger partial charge is 0.409 e. The molecule has 0 aliphatic rings. The first-order valence-electron chi connectivity index (χ1n) is 11.7. The summed E-state index contributed by atoms with van der Waals surface area (Å²) in [5.74, 6) is 0.714. The van der Waals surface area contributed by atoms with Crippen LogP contribution >= 0.6 is 84.1 Å². The molecule has 0 fully saturated rings. The van der Waals surface area contributed by atoms with Crippen molar-refractivity contribution in [2.75, 3.05) is 26.2 Å². The largest absolute Gasteiger partial charge is 0.415 e. The fourth-order valence-corrected chi connectivity index (χ4v) is 14.9. The van der Waals surface area contributed by atoms with Crippen molar-refractivity contribution in [2.45, 2.75) is 51.3 Å². The minimum atomic E-state index is -0.411. The van der Waals surface area contributed by atoms with Gasteiger partial charge in [0.2, 0.25) is 0 Å². The fraction of sp³-hybridized carbons (Fsp3) is 0.417. The highest BCUT2D eigenvalue weighted by Gasteiger charge is 2.18. The number of carbonyl (C=O) groups is 2. The molecule has 2 aromatic carbocycles. The van der Waals surface area contributed by atoms with Crippen LogP contribution in [0.1, 0.15) is 38.8 Å². The maximum Gasteiger partial charge on any atom is 0.415 e. The summed E-state index contributed by atoms with van der Waals surface area (Å²) in [5.41, 5.74) is 2.01. The lowest BCUT2D eigenvalue weighted by Gasteiger charge is -2.19. The Morgan fingerprint density at radius 1 is 0.658 bits per heavy atom. The molecule has 0 N–H and O–H groups in total. The lowest BCUT2D eigenvalue weighted by Crippen LogP contribution is -2.33.